The summed E-state index contributed by atoms with van der Waals surface area (Å²) in [6.07, 6.45) is 3.51. The maximum atomic E-state index is 14.1. The van der Waals surface area contributed by atoms with Crippen LogP contribution in [-0.4, -0.2) is 75.1 Å². The summed E-state index contributed by atoms with van der Waals surface area (Å²) in [5.41, 5.74) is 1.43. The first-order valence-electron chi connectivity index (χ1n) is 10.5. The lowest BCUT2D eigenvalue weighted by Gasteiger charge is -2.24. The Morgan fingerprint density at radius 3 is 2.70 bits per heavy atom. The molecule has 4 rings (SSSR count). The normalized spacial score (nSPS) is 21.2. The Hall–Kier alpha value is -2.97. The van der Waals surface area contributed by atoms with Gasteiger partial charge in [-0.3, -0.25) is 4.79 Å². The number of halogens is 1. The molecule has 0 saturated carbocycles. The minimum atomic E-state index is -1.07. The van der Waals surface area contributed by atoms with E-state index >= 15 is 0 Å². The van der Waals surface area contributed by atoms with Gasteiger partial charge in [-0.1, -0.05) is 35.5 Å². The molecular formula is C21H27FN6O2. The van der Waals surface area contributed by atoms with Crippen molar-refractivity contribution in [2.24, 2.45) is 0 Å². The minimum Gasteiger partial charge on any atom is -0.338 e. The SMILES string of the molecule is O=C(c1cn(C[C@@H]2C[C@H](F)CN2C(=O)NCCc2ccccc2)nn1)N1CCCC1. The van der Waals surface area contributed by atoms with Crippen molar-refractivity contribution in [2.75, 3.05) is 26.2 Å². The highest BCUT2D eigenvalue weighted by molar-refractivity contribution is 5.92. The van der Waals surface area contributed by atoms with Gasteiger partial charge in [-0.15, -0.1) is 5.10 Å². The first kappa shape index (κ1) is 20.3. The lowest BCUT2D eigenvalue weighted by atomic mass is 10.1. The molecule has 2 aliphatic rings. The van der Waals surface area contributed by atoms with Gasteiger partial charge in [0.05, 0.1) is 25.3 Å². The number of rotatable bonds is 6. The number of nitrogens with one attached hydrogen (secondary N) is 1. The predicted octanol–water partition coefficient (Wildman–Crippen LogP) is 1.88. The van der Waals surface area contributed by atoms with Gasteiger partial charge in [0.15, 0.2) is 5.69 Å². The van der Waals surface area contributed by atoms with Crippen LogP contribution in [0.25, 0.3) is 0 Å². The minimum absolute atomic E-state index is 0.0656. The largest absolute Gasteiger partial charge is 0.338 e. The molecule has 3 amide bonds. The van der Waals surface area contributed by atoms with Crippen LogP contribution in [0.15, 0.2) is 36.5 Å². The van der Waals surface area contributed by atoms with Crippen LogP contribution in [-0.2, 0) is 13.0 Å². The second-order valence-electron chi connectivity index (χ2n) is 7.93. The Labute approximate surface area is 175 Å². The highest BCUT2D eigenvalue weighted by Gasteiger charge is 2.36. The van der Waals surface area contributed by atoms with E-state index in [0.29, 0.717) is 18.8 Å². The summed E-state index contributed by atoms with van der Waals surface area (Å²) < 4.78 is 15.6. The van der Waals surface area contributed by atoms with Gasteiger partial charge in [-0.25, -0.2) is 13.9 Å². The Morgan fingerprint density at radius 2 is 1.93 bits per heavy atom. The van der Waals surface area contributed by atoms with Gasteiger partial charge >= 0.3 is 6.03 Å². The molecule has 30 heavy (non-hydrogen) atoms. The van der Waals surface area contributed by atoms with Crippen LogP contribution in [0.4, 0.5) is 9.18 Å². The number of likely N-dealkylation sites (tertiary alicyclic amines) is 2. The molecular weight excluding hydrogens is 387 g/mol. The van der Waals surface area contributed by atoms with E-state index in [1.807, 2.05) is 30.3 Å². The average Bonchev–Trinajstić information content (AvgIpc) is 3.50. The molecule has 2 atom stereocenters. The number of aromatic nitrogens is 3. The van der Waals surface area contributed by atoms with Crippen LogP contribution in [0, 0.1) is 0 Å². The smallest absolute Gasteiger partial charge is 0.317 e. The van der Waals surface area contributed by atoms with E-state index in [0.717, 1.165) is 37.9 Å². The molecule has 2 saturated heterocycles. The predicted molar refractivity (Wildman–Crippen MR) is 109 cm³/mol. The summed E-state index contributed by atoms with van der Waals surface area (Å²) in [6, 6.07) is 9.29. The number of hydrogen-bond acceptors (Lipinski definition) is 4. The topological polar surface area (TPSA) is 83.4 Å². The number of urea groups is 1. The fraction of sp³-hybridized carbons (Fsp3) is 0.524. The molecule has 0 unspecified atom stereocenters. The summed E-state index contributed by atoms with van der Waals surface area (Å²) in [5.74, 6) is -0.121. The van der Waals surface area contributed by atoms with Crippen LogP contribution < -0.4 is 5.32 Å². The van der Waals surface area contributed by atoms with E-state index < -0.39 is 6.17 Å². The zero-order valence-corrected chi connectivity index (χ0v) is 16.9. The van der Waals surface area contributed by atoms with Crippen LogP contribution >= 0.6 is 0 Å². The van der Waals surface area contributed by atoms with Gasteiger partial charge in [0.25, 0.3) is 5.91 Å². The first-order valence-corrected chi connectivity index (χ1v) is 10.5. The molecule has 9 heteroatoms. The van der Waals surface area contributed by atoms with E-state index in [-0.39, 0.29) is 30.9 Å². The summed E-state index contributed by atoms with van der Waals surface area (Å²) in [4.78, 5) is 28.3. The molecule has 0 radical (unpaired) electrons. The molecule has 1 aromatic carbocycles. The number of amides is 3. The van der Waals surface area contributed by atoms with Crippen LogP contribution in [0.2, 0.25) is 0 Å². The van der Waals surface area contributed by atoms with Crippen molar-refractivity contribution >= 4 is 11.9 Å². The third kappa shape index (κ3) is 4.77. The highest BCUT2D eigenvalue weighted by Crippen LogP contribution is 2.22. The third-order valence-electron chi connectivity index (χ3n) is 5.71. The van der Waals surface area contributed by atoms with Gasteiger partial charge in [-0.05, 0) is 24.8 Å². The molecule has 0 spiro atoms. The quantitative estimate of drug-likeness (QED) is 0.782. The van der Waals surface area contributed by atoms with Crippen molar-refractivity contribution in [1.82, 2.24) is 30.1 Å². The molecule has 0 bridgehead atoms. The van der Waals surface area contributed by atoms with Crippen LogP contribution in [0.3, 0.4) is 0 Å². The number of hydrogen-bond donors (Lipinski definition) is 1. The lowest BCUT2D eigenvalue weighted by Crippen LogP contribution is -2.45. The maximum Gasteiger partial charge on any atom is 0.317 e. The maximum absolute atomic E-state index is 14.1. The van der Waals surface area contributed by atoms with E-state index in [4.69, 9.17) is 0 Å². The zero-order valence-electron chi connectivity index (χ0n) is 16.9. The number of nitrogens with zero attached hydrogens (tertiary/aromatic N) is 5. The number of carbonyl (C=O) groups excluding carboxylic acids is 2. The van der Waals surface area contributed by atoms with E-state index in [1.54, 1.807) is 11.1 Å². The molecule has 1 N–H and O–H groups in total. The first-order chi connectivity index (χ1) is 14.6. The van der Waals surface area contributed by atoms with Gasteiger partial charge in [0.2, 0.25) is 0 Å². The Balaban J connectivity index is 1.32. The van der Waals surface area contributed by atoms with Gasteiger partial charge in [0.1, 0.15) is 6.17 Å². The molecule has 160 valence electrons. The van der Waals surface area contributed by atoms with Crippen molar-refractivity contribution in [3.8, 4) is 0 Å². The zero-order chi connectivity index (χ0) is 20.9. The standard InChI is InChI=1S/C21H27FN6O2/c22-17-12-18(14-27-15-19(24-25-27)20(29)26-10-4-5-11-26)28(13-17)21(30)23-9-8-16-6-2-1-3-7-16/h1-3,6-7,15,17-18H,4-5,8-14H2,(H,23,30)/t17-,18-/m0/s1. The van der Waals surface area contributed by atoms with E-state index in [9.17, 15) is 14.0 Å². The van der Waals surface area contributed by atoms with Crippen molar-refractivity contribution in [2.45, 2.75) is 44.4 Å². The van der Waals surface area contributed by atoms with Crippen molar-refractivity contribution in [1.29, 1.82) is 0 Å². The second kappa shape index (κ2) is 9.23. The van der Waals surface area contributed by atoms with Crippen LogP contribution in [0.1, 0.15) is 35.3 Å². The van der Waals surface area contributed by atoms with E-state index in [2.05, 4.69) is 15.6 Å². The molecule has 8 nitrogen and oxygen atoms in total. The van der Waals surface area contributed by atoms with Crippen molar-refractivity contribution in [3.05, 3.63) is 47.8 Å². The Kier molecular flexibility index (Phi) is 6.25. The van der Waals surface area contributed by atoms with Crippen LogP contribution in [0.5, 0.6) is 0 Å². The Morgan fingerprint density at radius 1 is 1.17 bits per heavy atom. The molecule has 0 aliphatic carbocycles. The van der Waals surface area contributed by atoms with Gasteiger partial charge < -0.3 is 15.1 Å². The second-order valence-corrected chi connectivity index (χ2v) is 7.93. The summed E-state index contributed by atoms with van der Waals surface area (Å²) in [6.45, 7) is 2.35. The fourth-order valence-corrected chi connectivity index (χ4v) is 4.13. The number of benzene rings is 1. The summed E-state index contributed by atoms with van der Waals surface area (Å²) in [5, 5.41) is 10.9. The molecule has 3 heterocycles. The molecule has 2 aliphatic heterocycles. The number of alkyl halides is 1. The summed E-state index contributed by atoms with van der Waals surface area (Å²) in [7, 11) is 0. The fourth-order valence-electron chi connectivity index (χ4n) is 4.13. The molecule has 2 fully saturated rings. The Bertz CT molecular complexity index is 867. The third-order valence-corrected chi connectivity index (χ3v) is 5.71. The molecule has 2 aromatic rings. The van der Waals surface area contributed by atoms with Gasteiger partial charge in [0, 0.05) is 26.1 Å². The molecule has 1 aromatic heterocycles. The van der Waals surface area contributed by atoms with Crippen molar-refractivity contribution in [3.63, 3.8) is 0 Å². The monoisotopic (exact) mass is 414 g/mol. The average molecular weight is 414 g/mol. The van der Waals surface area contributed by atoms with Crippen molar-refractivity contribution < 1.29 is 14.0 Å². The highest BCUT2D eigenvalue weighted by atomic mass is 19.1. The lowest BCUT2D eigenvalue weighted by molar-refractivity contribution is 0.0787. The summed E-state index contributed by atoms with van der Waals surface area (Å²) >= 11 is 0. The number of carbonyl (C=O) groups is 2. The van der Waals surface area contributed by atoms with E-state index in [1.165, 1.54) is 9.58 Å². The van der Waals surface area contributed by atoms with Gasteiger partial charge in [-0.2, -0.15) is 0 Å².